The fraction of sp³-hybridized carbons (Fsp3) is 0.182. The van der Waals surface area contributed by atoms with Crippen LogP contribution in [-0.2, 0) is 4.74 Å². The van der Waals surface area contributed by atoms with Crippen LogP contribution in [0.5, 0.6) is 0 Å². The van der Waals surface area contributed by atoms with Gasteiger partial charge in [-0.1, -0.05) is 15.9 Å². The lowest BCUT2D eigenvalue weighted by atomic mass is 10.2. The van der Waals surface area contributed by atoms with Gasteiger partial charge in [-0.25, -0.2) is 4.79 Å². The van der Waals surface area contributed by atoms with Gasteiger partial charge >= 0.3 is 6.09 Å². The van der Waals surface area contributed by atoms with E-state index in [1.165, 1.54) is 0 Å². The minimum Gasteiger partial charge on any atom is -0.450 e. The van der Waals surface area contributed by atoms with Gasteiger partial charge in [0.05, 0.1) is 12.3 Å². The Kier molecular flexibility index (Phi) is 3.46. The van der Waals surface area contributed by atoms with Gasteiger partial charge in [0, 0.05) is 19.9 Å². The first-order valence-corrected chi connectivity index (χ1v) is 6.48. The summed E-state index contributed by atoms with van der Waals surface area (Å²) in [7, 11) is 0. The maximum absolute atomic E-state index is 11.3. The molecule has 0 bridgehead atoms. The highest BCUT2D eigenvalue weighted by Gasteiger charge is 2.08. The molecule has 0 aliphatic heterocycles. The Labute approximate surface area is 106 Å². The molecule has 0 unspecified atom stereocenters. The van der Waals surface area contributed by atoms with Crippen molar-refractivity contribution in [2.45, 2.75) is 6.92 Å². The van der Waals surface area contributed by atoms with Crippen LogP contribution in [0.25, 0.3) is 10.1 Å². The third-order valence-electron chi connectivity index (χ3n) is 2.05. The summed E-state index contributed by atoms with van der Waals surface area (Å²) in [5, 5.41) is 5.65. The highest BCUT2D eigenvalue weighted by molar-refractivity contribution is 9.10. The number of rotatable bonds is 2. The van der Waals surface area contributed by atoms with E-state index in [-0.39, 0.29) is 0 Å². The fourth-order valence-electron chi connectivity index (χ4n) is 1.38. The molecular formula is C11H10BrNO2S. The molecule has 1 aromatic carbocycles. The molecule has 2 rings (SSSR count). The average molecular weight is 300 g/mol. The largest absolute Gasteiger partial charge is 0.450 e. The van der Waals surface area contributed by atoms with Gasteiger partial charge in [0.25, 0.3) is 0 Å². The van der Waals surface area contributed by atoms with Crippen molar-refractivity contribution in [1.82, 2.24) is 0 Å². The first kappa shape index (κ1) is 11.4. The van der Waals surface area contributed by atoms with E-state index in [0.717, 1.165) is 20.2 Å². The van der Waals surface area contributed by atoms with E-state index in [2.05, 4.69) is 21.2 Å². The highest BCUT2D eigenvalue weighted by Crippen LogP contribution is 2.32. The molecule has 3 nitrogen and oxygen atoms in total. The Morgan fingerprint density at radius 1 is 1.56 bits per heavy atom. The Hall–Kier alpha value is -1.07. The van der Waals surface area contributed by atoms with E-state index < -0.39 is 6.09 Å². The van der Waals surface area contributed by atoms with Crippen molar-refractivity contribution in [3.8, 4) is 0 Å². The monoisotopic (exact) mass is 299 g/mol. The smallest absolute Gasteiger partial charge is 0.411 e. The number of thiophene rings is 1. The summed E-state index contributed by atoms with van der Waals surface area (Å²) in [6, 6.07) is 5.97. The summed E-state index contributed by atoms with van der Waals surface area (Å²) >= 11 is 5.00. The topological polar surface area (TPSA) is 38.3 Å². The van der Waals surface area contributed by atoms with Gasteiger partial charge < -0.3 is 4.74 Å². The minimum atomic E-state index is -0.415. The molecule has 1 heterocycles. The number of nitrogens with one attached hydrogen (secondary N) is 1. The number of carbonyl (C=O) groups is 1. The molecule has 0 radical (unpaired) electrons. The van der Waals surface area contributed by atoms with Crippen molar-refractivity contribution >= 4 is 49.1 Å². The number of hydrogen-bond acceptors (Lipinski definition) is 3. The SMILES string of the molecule is CCOC(=O)Nc1csc2ccc(Br)cc12. The third-order valence-corrected chi connectivity index (χ3v) is 3.50. The normalized spacial score (nSPS) is 10.4. The second-order valence-corrected chi connectivity index (χ2v) is 4.96. The van der Waals surface area contributed by atoms with Crippen LogP contribution in [0.3, 0.4) is 0 Å². The molecule has 2 aromatic rings. The Morgan fingerprint density at radius 3 is 3.12 bits per heavy atom. The van der Waals surface area contributed by atoms with Crippen LogP contribution in [0.15, 0.2) is 28.1 Å². The van der Waals surface area contributed by atoms with Crippen molar-refractivity contribution in [2.24, 2.45) is 0 Å². The third kappa shape index (κ3) is 2.36. The Bertz CT molecular complexity index is 524. The lowest BCUT2D eigenvalue weighted by Crippen LogP contribution is -2.12. The zero-order valence-electron chi connectivity index (χ0n) is 8.62. The predicted molar refractivity (Wildman–Crippen MR) is 70.2 cm³/mol. The standard InChI is InChI=1S/C11H10BrNO2S/c1-2-15-11(14)13-9-6-16-10-4-3-7(12)5-8(9)10/h3-6H,2H2,1H3,(H,13,14). The van der Waals surface area contributed by atoms with E-state index >= 15 is 0 Å². The fourth-order valence-corrected chi connectivity index (χ4v) is 2.61. The molecule has 1 amide bonds. The van der Waals surface area contributed by atoms with E-state index in [1.54, 1.807) is 18.3 Å². The molecule has 1 N–H and O–H groups in total. The summed E-state index contributed by atoms with van der Waals surface area (Å²) in [5.74, 6) is 0. The Balaban J connectivity index is 2.30. The molecule has 0 saturated carbocycles. The molecule has 0 aliphatic rings. The van der Waals surface area contributed by atoms with Crippen LogP contribution in [0, 0.1) is 0 Å². The number of hydrogen-bond donors (Lipinski definition) is 1. The van der Waals surface area contributed by atoms with Crippen molar-refractivity contribution in [3.63, 3.8) is 0 Å². The van der Waals surface area contributed by atoms with E-state index in [1.807, 2.05) is 23.6 Å². The molecule has 0 fully saturated rings. The molecule has 0 saturated heterocycles. The second kappa shape index (κ2) is 4.84. The van der Waals surface area contributed by atoms with Gasteiger partial charge in [-0.3, -0.25) is 5.32 Å². The lowest BCUT2D eigenvalue weighted by Gasteiger charge is -2.03. The van der Waals surface area contributed by atoms with E-state index in [4.69, 9.17) is 4.74 Å². The molecular weight excluding hydrogens is 290 g/mol. The molecule has 5 heteroatoms. The van der Waals surface area contributed by atoms with Gasteiger partial charge in [-0.05, 0) is 25.1 Å². The van der Waals surface area contributed by atoms with E-state index in [0.29, 0.717) is 6.61 Å². The predicted octanol–water partition coefficient (Wildman–Crippen LogP) is 4.23. The highest BCUT2D eigenvalue weighted by atomic mass is 79.9. The van der Waals surface area contributed by atoms with Crippen LogP contribution in [0.1, 0.15) is 6.92 Å². The van der Waals surface area contributed by atoms with Crippen molar-refractivity contribution < 1.29 is 9.53 Å². The summed E-state index contributed by atoms with van der Waals surface area (Å²) in [6.07, 6.45) is -0.415. The maximum Gasteiger partial charge on any atom is 0.411 e. The average Bonchev–Trinajstić information content (AvgIpc) is 2.61. The number of ether oxygens (including phenoxy) is 1. The number of amides is 1. The van der Waals surface area contributed by atoms with Gasteiger partial charge in [0.2, 0.25) is 0 Å². The molecule has 1 aromatic heterocycles. The van der Waals surface area contributed by atoms with E-state index in [9.17, 15) is 4.79 Å². The van der Waals surface area contributed by atoms with Crippen molar-refractivity contribution in [2.75, 3.05) is 11.9 Å². The zero-order chi connectivity index (χ0) is 11.5. The van der Waals surface area contributed by atoms with Crippen molar-refractivity contribution in [3.05, 3.63) is 28.1 Å². The second-order valence-electron chi connectivity index (χ2n) is 3.14. The number of carbonyl (C=O) groups excluding carboxylic acids is 1. The van der Waals surface area contributed by atoms with Gasteiger partial charge in [0.1, 0.15) is 0 Å². The number of halogens is 1. The number of benzene rings is 1. The molecule has 0 aliphatic carbocycles. The van der Waals surface area contributed by atoms with Crippen LogP contribution in [0.2, 0.25) is 0 Å². The first-order chi connectivity index (χ1) is 7.70. The zero-order valence-corrected chi connectivity index (χ0v) is 11.0. The van der Waals surface area contributed by atoms with Crippen LogP contribution in [-0.4, -0.2) is 12.7 Å². The van der Waals surface area contributed by atoms with Gasteiger partial charge in [-0.15, -0.1) is 11.3 Å². The first-order valence-electron chi connectivity index (χ1n) is 4.81. The number of anilines is 1. The van der Waals surface area contributed by atoms with Gasteiger partial charge in [0.15, 0.2) is 0 Å². The summed E-state index contributed by atoms with van der Waals surface area (Å²) in [6.45, 7) is 2.15. The molecule has 84 valence electrons. The molecule has 0 spiro atoms. The number of fused-ring (bicyclic) bond motifs is 1. The summed E-state index contributed by atoms with van der Waals surface area (Å²) < 4.78 is 6.96. The van der Waals surface area contributed by atoms with Crippen LogP contribution in [0.4, 0.5) is 10.5 Å². The minimum absolute atomic E-state index is 0.373. The maximum atomic E-state index is 11.3. The molecule has 16 heavy (non-hydrogen) atoms. The summed E-state index contributed by atoms with van der Waals surface area (Å²) in [5.41, 5.74) is 0.791. The van der Waals surface area contributed by atoms with Gasteiger partial charge in [-0.2, -0.15) is 0 Å². The quantitative estimate of drug-likeness (QED) is 0.901. The summed E-state index contributed by atoms with van der Waals surface area (Å²) in [4.78, 5) is 11.3. The van der Waals surface area contributed by atoms with Crippen LogP contribution >= 0.6 is 27.3 Å². The lowest BCUT2D eigenvalue weighted by molar-refractivity contribution is 0.168. The Morgan fingerprint density at radius 2 is 2.38 bits per heavy atom. The molecule has 0 atom stereocenters. The van der Waals surface area contributed by atoms with Crippen LogP contribution < -0.4 is 5.32 Å². The van der Waals surface area contributed by atoms with Crippen molar-refractivity contribution in [1.29, 1.82) is 0 Å².